The number of hydrogen-bond acceptors (Lipinski definition) is 3. The zero-order chi connectivity index (χ0) is 12.3. The van der Waals surface area contributed by atoms with Gasteiger partial charge in [0.05, 0.1) is 28.0 Å². The Labute approximate surface area is 105 Å². The minimum atomic E-state index is -0.399. The standard InChI is InChI=1S/C11H20BrN3O/c1-5-15-9(8(12)7-14-15)10(13)11(3,4)16-6-2/h7,10H,5-6,13H2,1-4H3. The molecule has 1 rings (SSSR count). The van der Waals surface area contributed by atoms with Crippen molar-refractivity contribution in [2.24, 2.45) is 5.73 Å². The number of hydrogen-bond donors (Lipinski definition) is 1. The summed E-state index contributed by atoms with van der Waals surface area (Å²) in [4.78, 5) is 0. The van der Waals surface area contributed by atoms with Crippen molar-refractivity contribution in [2.75, 3.05) is 6.61 Å². The molecule has 1 unspecified atom stereocenters. The molecule has 0 aromatic carbocycles. The molecule has 1 aromatic heterocycles. The van der Waals surface area contributed by atoms with Crippen LogP contribution in [-0.2, 0) is 11.3 Å². The van der Waals surface area contributed by atoms with Crippen molar-refractivity contribution >= 4 is 15.9 Å². The van der Waals surface area contributed by atoms with E-state index in [-0.39, 0.29) is 6.04 Å². The zero-order valence-electron chi connectivity index (χ0n) is 10.3. The molecule has 5 heteroatoms. The van der Waals surface area contributed by atoms with Crippen LogP contribution in [0.2, 0.25) is 0 Å². The lowest BCUT2D eigenvalue weighted by atomic mass is 9.96. The van der Waals surface area contributed by atoms with Crippen molar-refractivity contribution in [1.29, 1.82) is 0 Å². The van der Waals surface area contributed by atoms with Crippen molar-refractivity contribution in [1.82, 2.24) is 9.78 Å². The van der Waals surface area contributed by atoms with Gasteiger partial charge in [-0.25, -0.2) is 0 Å². The molecule has 0 aliphatic heterocycles. The van der Waals surface area contributed by atoms with E-state index in [2.05, 4.69) is 21.0 Å². The van der Waals surface area contributed by atoms with Gasteiger partial charge in [-0.15, -0.1) is 0 Å². The van der Waals surface area contributed by atoms with Crippen LogP contribution in [0, 0.1) is 0 Å². The van der Waals surface area contributed by atoms with E-state index in [9.17, 15) is 0 Å². The van der Waals surface area contributed by atoms with E-state index >= 15 is 0 Å². The highest BCUT2D eigenvalue weighted by atomic mass is 79.9. The number of aromatic nitrogens is 2. The summed E-state index contributed by atoms with van der Waals surface area (Å²) in [5, 5.41) is 4.26. The third kappa shape index (κ3) is 2.64. The van der Waals surface area contributed by atoms with Crippen molar-refractivity contribution in [2.45, 2.75) is 45.9 Å². The van der Waals surface area contributed by atoms with Gasteiger partial charge in [-0.05, 0) is 43.6 Å². The molecule has 0 aliphatic carbocycles. The molecule has 0 aliphatic rings. The first-order valence-corrected chi connectivity index (χ1v) is 6.34. The predicted octanol–water partition coefficient (Wildman–Crippen LogP) is 2.48. The third-order valence-electron chi connectivity index (χ3n) is 2.69. The van der Waals surface area contributed by atoms with Gasteiger partial charge < -0.3 is 10.5 Å². The average Bonchev–Trinajstić information content (AvgIpc) is 2.58. The maximum atomic E-state index is 6.26. The van der Waals surface area contributed by atoms with Crippen LogP contribution in [-0.4, -0.2) is 22.0 Å². The van der Waals surface area contributed by atoms with E-state index in [1.54, 1.807) is 6.20 Å². The van der Waals surface area contributed by atoms with E-state index in [0.29, 0.717) is 6.61 Å². The second-order valence-electron chi connectivity index (χ2n) is 4.21. The van der Waals surface area contributed by atoms with Gasteiger partial charge in [0.1, 0.15) is 0 Å². The molecule has 2 N–H and O–H groups in total. The maximum absolute atomic E-state index is 6.26. The molecule has 0 spiro atoms. The van der Waals surface area contributed by atoms with Gasteiger partial charge in [-0.3, -0.25) is 4.68 Å². The van der Waals surface area contributed by atoms with E-state index < -0.39 is 5.60 Å². The third-order valence-corrected chi connectivity index (χ3v) is 3.30. The molecule has 1 aromatic rings. The Hall–Kier alpha value is -0.390. The Morgan fingerprint density at radius 2 is 2.19 bits per heavy atom. The monoisotopic (exact) mass is 289 g/mol. The highest BCUT2D eigenvalue weighted by Crippen LogP contribution is 2.31. The molecule has 1 heterocycles. The summed E-state index contributed by atoms with van der Waals surface area (Å²) in [6.45, 7) is 9.47. The van der Waals surface area contributed by atoms with Crippen LogP contribution in [0.15, 0.2) is 10.7 Å². The van der Waals surface area contributed by atoms with Gasteiger partial charge in [0, 0.05) is 13.2 Å². The highest BCUT2D eigenvalue weighted by molar-refractivity contribution is 9.10. The summed E-state index contributed by atoms with van der Waals surface area (Å²) < 4.78 is 8.52. The number of aryl methyl sites for hydroxylation is 1. The average molecular weight is 290 g/mol. The fourth-order valence-electron chi connectivity index (χ4n) is 1.72. The van der Waals surface area contributed by atoms with Gasteiger partial charge in [0.15, 0.2) is 0 Å². The zero-order valence-corrected chi connectivity index (χ0v) is 11.9. The van der Waals surface area contributed by atoms with Crippen molar-refractivity contribution in [3.8, 4) is 0 Å². The number of halogens is 1. The lowest BCUT2D eigenvalue weighted by Gasteiger charge is -2.32. The van der Waals surface area contributed by atoms with Crippen molar-refractivity contribution in [3.05, 3.63) is 16.4 Å². The van der Waals surface area contributed by atoms with Crippen LogP contribution in [0.1, 0.15) is 39.4 Å². The van der Waals surface area contributed by atoms with Gasteiger partial charge in [0.25, 0.3) is 0 Å². The summed E-state index contributed by atoms with van der Waals surface area (Å²) >= 11 is 3.48. The largest absolute Gasteiger partial charge is 0.374 e. The van der Waals surface area contributed by atoms with Crippen LogP contribution in [0.5, 0.6) is 0 Å². The summed E-state index contributed by atoms with van der Waals surface area (Å²) in [6.07, 6.45) is 1.78. The van der Waals surface area contributed by atoms with Crippen LogP contribution < -0.4 is 5.73 Å². The lowest BCUT2D eigenvalue weighted by Crippen LogP contribution is -2.39. The Balaban J connectivity index is 3.03. The molecule has 1 atom stereocenters. The van der Waals surface area contributed by atoms with Crippen molar-refractivity contribution in [3.63, 3.8) is 0 Å². The summed E-state index contributed by atoms with van der Waals surface area (Å²) in [5.74, 6) is 0. The van der Waals surface area contributed by atoms with Crippen LogP contribution in [0.25, 0.3) is 0 Å². The second-order valence-corrected chi connectivity index (χ2v) is 5.06. The summed E-state index contributed by atoms with van der Waals surface area (Å²) in [7, 11) is 0. The second kappa shape index (κ2) is 5.29. The highest BCUT2D eigenvalue weighted by Gasteiger charge is 2.32. The molecule has 0 saturated carbocycles. The van der Waals surface area contributed by atoms with E-state index in [1.165, 1.54) is 0 Å². The first-order valence-electron chi connectivity index (χ1n) is 5.54. The Kier molecular flexibility index (Phi) is 4.52. The van der Waals surface area contributed by atoms with Crippen LogP contribution in [0.4, 0.5) is 0 Å². The first kappa shape index (κ1) is 13.7. The molecule has 0 saturated heterocycles. The van der Waals surface area contributed by atoms with Gasteiger partial charge in [-0.2, -0.15) is 5.10 Å². The van der Waals surface area contributed by atoms with Crippen molar-refractivity contribution < 1.29 is 4.74 Å². The SMILES string of the molecule is CCOC(C)(C)C(N)c1c(Br)cnn1CC. The number of nitrogens with zero attached hydrogens (tertiary/aromatic N) is 2. The maximum Gasteiger partial charge on any atom is 0.0833 e. The molecular formula is C11H20BrN3O. The Morgan fingerprint density at radius 3 is 2.69 bits per heavy atom. The number of rotatable bonds is 5. The van der Waals surface area contributed by atoms with Crippen LogP contribution >= 0.6 is 15.9 Å². The fraction of sp³-hybridized carbons (Fsp3) is 0.727. The molecule has 16 heavy (non-hydrogen) atoms. The number of ether oxygens (including phenoxy) is 1. The summed E-state index contributed by atoms with van der Waals surface area (Å²) in [6, 6.07) is -0.204. The Morgan fingerprint density at radius 1 is 1.56 bits per heavy atom. The molecular weight excluding hydrogens is 270 g/mol. The topological polar surface area (TPSA) is 53.1 Å². The van der Waals surface area contributed by atoms with E-state index in [1.807, 2.05) is 32.4 Å². The number of nitrogens with two attached hydrogens (primary N) is 1. The molecule has 0 radical (unpaired) electrons. The fourth-order valence-corrected chi connectivity index (χ4v) is 2.27. The van der Waals surface area contributed by atoms with Gasteiger partial charge in [-0.1, -0.05) is 0 Å². The molecule has 4 nitrogen and oxygen atoms in total. The quantitative estimate of drug-likeness (QED) is 0.906. The molecule has 0 amide bonds. The minimum Gasteiger partial charge on any atom is -0.374 e. The van der Waals surface area contributed by atoms with Crippen LogP contribution in [0.3, 0.4) is 0 Å². The minimum absolute atomic E-state index is 0.204. The van der Waals surface area contributed by atoms with E-state index in [0.717, 1.165) is 16.7 Å². The smallest absolute Gasteiger partial charge is 0.0833 e. The van der Waals surface area contributed by atoms with Gasteiger partial charge in [0.2, 0.25) is 0 Å². The first-order chi connectivity index (χ1) is 7.44. The van der Waals surface area contributed by atoms with E-state index in [4.69, 9.17) is 10.5 Å². The normalized spacial score (nSPS) is 14.1. The molecule has 0 fully saturated rings. The summed E-state index contributed by atoms with van der Waals surface area (Å²) in [5.41, 5.74) is 6.85. The van der Waals surface area contributed by atoms with Gasteiger partial charge >= 0.3 is 0 Å². The Bertz CT molecular complexity index is 349. The molecule has 0 bridgehead atoms. The predicted molar refractivity (Wildman–Crippen MR) is 68.2 cm³/mol. The lowest BCUT2D eigenvalue weighted by molar-refractivity contribution is -0.0317. The molecule has 92 valence electrons.